The van der Waals surface area contributed by atoms with Gasteiger partial charge in [0.2, 0.25) is 0 Å². The van der Waals surface area contributed by atoms with Crippen LogP contribution in [0, 0.1) is 0 Å². The minimum atomic E-state index is 1.08. The number of halogens is 2. The van der Waals surface area contributed by atoms with Gasteiger partial charge in [-0.1, -0.05) is 117 Å². The van der Waals surface area contributed by atoms with Gasteiger partial charge < -0.3 is 0 Å². The third-order valence-electron chi connectivity index (χ3n) is 7.12. The summed E-state index contributed by atoms with van der Waals surface area (Å²) in [5.74, 6) is 0. The molecule has 0 atom stereocenters. The van der Waals surface area contributed by atoms with E-state index < -0.39 is 0 Å². The van der Waals surface area contributed by atoms with Crippen molar-refractivity contribution in [1.29, 1.82) is 0 Å². The highest BCUT2D eigenvalue weighted by Crippen LogP contribution is 2.46. The monoisotopic (exact) mass is 586 g/mol. The fourth-order valence-electron chi connectivity index (χ4n) is 5.48. The summed E-state index contributed by atoms with van der Waals surface area (Å²) in [7, 11) is 0. The predicted octanol–water partition coefficient (Wildman–Crippen LogP) is 11.2. The van der Waals surface area contributed by atoms with E-state index >= 15 is 0 Å². The molecule has 0 nitrogen and oxygen atoms in total. The lowest BCUT2D eigenvalue weighted by Gasteiger charge is -2.20. The van der Waals surface area contributed by atoms with Crippen LogP contribution < -0.4 is 0 Å². The van der Waals surface area contributed by atoms with Gasteiger partial charge in [-0.15, -0.1) is 0 Å². The van der Waals surface area contributed by atoms with Crippen molar-refractivity contribution in [3.8, 4) is 22.3 Å². The SMILES string of the molecule is Brc1ccc2c(c1)c(-c1ccc3ccccc3c1)c(-c1ccc3ccccc3c1)c1cc(Br)ccc12. The van der Waals surface area contributed by atoms with Gasteiger partial charge in [-0.25, -0.2) is 0 Å². The summed E-state index contributed by atoms with van der Waals surface area (Å²) in [6.45, 7) is 0. The summed E-state index contributed by atoms with van der Waals surface area (Å²) in [4.78, 5) is 0. The second-order valence-corrected chi connectivity index (χ2v) is 11.1. The van der Waals surface area contributed by atoms with Crippen LogP contribution in [-0.2, 0) is 0 Å². The number of rotatable bonds is 2. The summed E-state index contributed by atoms with van der Waals surface area (Å²) in [5, 5.41) is 10.0. The quantitative estimate of drug-likeness (QED) is 0.176. The van der Waals surface area contributed by atoms with Crippen LogP contribution >= 0.6 is 31.9 Å². The molecule has 0 amide bonds. The highest BCUT2D eigenvalue weighted by molar-refractivity contribution is 9.10. The molecule has 0 saturated carbocycles. The molecule has 0 fully saturated rings. The Hall–Kier alpha value is -3.46. The highest BCUT2D eigenvalue weighted by atomic mass is 79.9. The molecule has 2 heteroatoms. The van der Waals surface area contributed by atoms with Gasteiger partial charge >= 0.3 is 0 Å². The van der Waals surface area contributed by atoms with E-state index in [1.807, 2.05) is 0 Å². The first-order chi connectivity index (χ1) is 17.7. The molecule has 0 saturated heterocycles. The second-order valence-electron chi connectivity index (χ2n) is 9.25. The van der Waals surface area contributed by atoms with Crippen LogP contribution in [0.2, 0.25) is 0 Å². The van der Waals surface area contributed by atoms with E-state index in [1.54, 1.807) is 0 Å². The molecule has 0 aliphatic rings. The molecule has 36 heavy (non-hydrogen) atoms. The fraction of sp³-hybridized carbons (Fsp3) is 0. The number of hydrogen-bond donors (Lipinski definition) is 0. The van der Waals surface area contributed by atoms with Crippen molar-refractivity contribution in [3.05, 3.63) is 130 Å². The average Bonchev–Trinajstić information content (AvgIpc) is 2.91. The standard InChI is InChI=1S/C34H20Br2/c35-27-13-15-29-30-16-14-28(36)20-32(30)34(26-12-10-22-6-2-4-8-24(22)18-26)33(31(29)19-27)25-11-9-21-5-1-3-7-23(21)17-25/h1-20H. The Morgan fingerprint density at radius 2 is 0.750 bits per heavy atom. The largest absolute Gasteiger partial charge is 0.0616 e. The van der Waals surface area contributed by atoms with Crippen molar-refractivity contribution in [1.82, 2.24) is 0 Å². The Balaban J connectivity index is 1.69. The first-order valence-electron chi connectivity index (χ1n) is 12.0. The molecule has 0 aliphatic carbocycles. The Morgan fingerprint density at radius 3 is 1.19 bits per heavy atom. The first kappa shape index (κ1) is 21.8. The summed E-state index contributed by atoms with van der Waals surface area (Å²) in [5.41, 5.74) is 4.97. The van der Waals surface area contributed by atoms with Crippen LogP contribution in [0.3, 0.4) is 0 Å². The predicted molar refractivity (Wildman–Crippen MR) is 163 cm³/mol. The number of fused-ring (bicyclic) bond motifs is 5. The van der Waals surface area contributed by atoms with E-state index in [0.717, 1.165) is 8.95 Å². The maximum absolute atomic E-state index is 3.76. The van der Waals surface area contributed by atoms with Gasteiger partial charge in [0.05, 0.1) is 0 Å². The van der Waals surface area contributed by atoms with Gasteiger partial charge in [-0.05, 0) is 102 Å². The summed E-state index contributed by atoms with van der Waals surface area (Å²) in [6, 6.07) is 44.2. The van der Waals surface area contributed by atoms with E-state index in [0.29, 0.717) is 0 Å². The summed E-state index contributed by atoms with van der Waals surface area (Å²) in [6.07, 6.45) is 0. The van der Waals surface area contributed by atoms with Gasteiger partial charge in [0.15, 0.2) is 0 Å². The van der Waals surface area contributed by atoms with Gasteiger partial charge in [-0.2, -0.15) is 0 Å². The fourth-order valence-corrected chi connectivity index (χ4v) is 6.20. The minimum Gasteiger partial charge on any atom is -0.0616 e. The van der Waals surface area contributed by atoms with Crippen LogP contribution in [0.4, 0.5) is 0 Å². The molecular weight excluding hydrogens is 568 g/mol. The summed E-state index contributed by atoms with van der Waals surface area (Å²) < 4.78 is 2.16. The molecule has 7 aromatic carbocycles. The van der Waals surface area contributed by atoms with Crippen molar-refractivity contribution in [2.45, 2.75) is 0 Å². The van der Waals surface area contributed by atoms with Gasteiger partial charge in [0, 0.05) is 8.95 Å². The maximum atomic E-state index is 3.76. The van der Waals surface area contributed by atoms with Crippen molar-refractivity contribution in [2.24, 2.45) is 0 Å². The normalized spacial score (nSPS) is 11.6. The lowest BCUT2D eigenvalue weighted by molar-refractivity contribution is 1.64. The van der Waals surface area contributed by atoms with E-state index in [-0.39, 0.29) is 0 Å². The van der Waals surface area contributed by atoms with E-state index in [1.165, 1.54) is 65.3 Å². The molecule has 170 valence electrons. The van der Waals surface area contributed by atoms with Crippen LogP contribution in [-0.4, -0.2) is 0 Å². The Kier molecular flexibility index (Phi) is 5.20. The highest BCUT2D eigenvalue weighted by Gasteiger charge is 2.19. The third kappa shape index (κ3) is 3.56. The third-order valence-corrected chi connectivity index (χ3v) is 8.10. The number of hydrogen-bond acceptors (Lipinski definition) is 0. The van der Waals surface area contributed by atoms with Crippen LogP contribution in [0.15, 0.2) is 130 Å². The number of benzene rings is 7. The lowest BCUT2D eigenvalue weighted by Crippen LogP contribution is -1.92. The van der Waals surface area contributed by atoms with Crippen molar-refractivity contribution < 1.29 is 0 Å². The van der Waals surface area contributed by atoms with Crippen molar-refractivity contribution >= 4 is 74.9 Å². The topological polar surface area (TPSA) is 0 Å². The molecule has 0 aliphatic heterocycles. The molecule has 0 aromatic heterocycles. The average molecular weight is 588 g/mol. The van der Waals surface area contributed by atoms with E-state index in [9.17, 15) is 0 Å². The zero-order valence-electron chi connectivity index (χ0n) is 19.3. The smallest absolute Gasteiger partial charge is 0.0181 e. The van der Waals surface area contributed by atoms with E-state index in [2.05, 4.69) is 153 Å². The van der Waals surface area contributed by atoms with E-state index in [4.69, 9.17) is 0 Å². The molecular formula is C34H20Br2. The molecule has 0 heterocycles. The molecule has 7 aromatic rings. The van der Waals surface area contributed by atoms with Gasteiger partial charge in [0.25, 0.3) is 0 Å². The Morgan fingerprint density at radius 1 is 0.333 bits per heavy atom. The Labute approximate surface area is 226 Å². The summed E-state index contributed by atoms with van der Waals surface area (Å²) >= 11 is 7.52. The second kappa shape index (κ2) is 8.58. The van der Waals surface area contributed by atoms with Crippen molar-refractivity contribution in [2.75, 3.05) is 0 Å². The molecule has 0 radical (unpaired) electrons. The minimum absolute atomic E-state index is 1.08. The van der Waals surface area contributed by atoms with Crippen LogP contribution in [0.5, 0.6) is 0 Å². The molecule has 0 N–H and O–H groups in total. The van der Waals surface area contributed by atoms with Crippen molar-refractivity contribution in [3.63, 3.8) is 0 Å². The lowest BCUT2D eigenvalue weighted by atomic mass is 9.84. The zero-order valence-corrected chi connectivity index (χ0v) is 22.5. The van der Waals surface area contributed by atoms with Gasteiger partial charge in [-0.3, -0.25) is 0 Å². The Bertz CT molecular complexity index is 1820. The molecule has 7 rings (SSSR count). The first-order valence-corrected chi connectivity index (χ1v) is 13.6. The zero-order chi connectivity index (χ0) is 24.2. The molecule has 0 spiro atoms. The maximum Gasteiger partial charge on any atom is 0.0181 e. The molecule has 0 unspecified atom stereocenters. The van der Waals surface area contributed by atoms with Crippen LogP contribution in [0.25, 0.3) is 65.3 Å². The molecule has 0 bridgehead atoms. The van der Waals surface area contributed by atoms with Crippen LogP contribution in [0.1, 0.15) is 0 Å². The van der Waals surface area contributed by atoms with Gasteiger partial charge in [0.1, 0.15) is 0 Å².